The van der Waals surface area contributed by atoms with Crippen molar-refractivity contribution in [3.8, 4) is 11.5 Å². The van der Waals surface area contributed by atoms with Crippen LogP contribution in [0.1, 0.15) is 19.8 Å². The molecule has 1 aromatic rings. The lowest BCUT2D eigenvalue weighted by Crippen LogP contribution is -2.45. The first-order chi connectivity index (χ1) is 10.6. The van der Waals surface area contributed by atoms with Gasteiger partial charge in [0.25, 0.3) is 5.91 Å². The van der Waals surface area contributed by atoms with E-state index < -0.39 is 0 Å². The van der Waals surface area contributed by atoms with Gasteiger partial charge in [0.2, 0.25) is 5.91 Å². The van der Waals surface area contributed by atoms with Crippen molar-refractivity contribution in [3.63, 3.8) is 0 Å². The number of ether oxygens (including phenoxy) is 2. The second-order valence-corrected chi connectivity index (χ2v) is 5.27. The number of nitrogens with two attached hydrogens (primary N) is 1. The van der Waals surface area contributed by atoms with E-state index in [4.69, 9.17) is 15.2 Å². The van der Waals surface area contributed by atoms with Crippen LogP contribution in [0.15, 0.2) is 24.3 Å². The van der Waals surface area contributed by atoms with Crippen molar-refractivity contribution in [2.75, 3.05) is 26.3 Å². The van der Waals surface area contributed by atoms with Gasteiger partial charge >= 0.3 is 0 Å². The number of amides is 2. The van der Waals surface area contributed by atoms with E-state index in [1.165, 1.54) is 0 Å². The highest BCUT2D eigenvalue weighted by Gasteiger charge is 2.26. The Morgan fingerprint density at radius 2 is 1.86 bits per heavy atom. The van der Waals surface area contributed by atoms with E-state index in [1.807, 2.05) is 6.92 Å². The van der Waals surface area contributed by atoms with Gasteiger partial charge in [0.05, 0.1) is 12.5 Å². The molecule has 6 nitrogen and oxygen atoms in total. The molecule has 0 bridgehead atoms. The van der Waals surface area contributed by atoms with Crippen LogP contribution in [0, 0.1) is 5.92 Å². The average Bonchev–Trinajstić information content (AvgIpc) is 2.54. The minimum absolute atomic E-state index is 0.0422. The lowest BCUT2D eigenvalue weighted by molar-refractivity contribution is -0.136. The fourth-order valence-corrected chi connectivity index (χ4v) is 2.47. The van der Waals surface area contributed by atoms with E-state index in [-0.39, 0.29) is 24.3 Å². The number of rotatable bonds is 6. The predicted octanol–water partition coefficient (Wildman–Crippen LogP) is 1.19. The molecule has 1 aromatic carbocycles. The number of primary amides is 1. The fraction of sp³-hybridized carbons (Fsp3) is 0.500. The highest BCUT2D eigenvalue weighted by molar-refractivity contribution is 5.81. The average molecular weight is 306 g/mol. The summed E-state index contributed by atoms with van der Waals surface area (Å²) in [7, 11) is 0. The molecule has 0 saturated carbocycles. The van der Waals surface area contributed by atoms with Crippen LogP contribution < -0.4 is 15.2 Å². The summed E-state index contributed by atoms with van der Waals surface area (Å²) in [6, 6.07) is 7.13. The maximum Gasteiger partial charge on any atom is 0.260 e. The molecule has 1 unspecified atom stereocenters. The maximum atomic E-state index is 12.1. The van der Waals surface area contributed by atoms with Crippen LogP contribution in [0.2, 0.25) is 0 Å². The minimum atomic E-state index is -0.343. The lowest BCUT2D eigenvalue weighted by atomic mass is 9.97. The van der Waals surface area contributed by atoms with Crippen LogP contribution in [0.25, 0.3) is 0 Å². The van der Waals surface area contributed by atoms with Gasteiger partial charge in [0.15, 0.2) is 6.61 Å². The monoisotopic (exact) mass is 306 g/mol. The zero-order chi connectivity index (χ0) is 15.9. The van der Waals surface area contributed by atoms with Gasteiger partial charge in [-0.1, -0.05) is 0 Å². The molecular weight excluding hydrogens is 284 g/mol. The van der Waals surface area contributed by atoms with Gasteiger partial charge in [-0.3, -0.25) is 9.59 Å². The number of carbonyl (C=O) groups is 2. The van der Waals surface area contributed by atoms with Crippen molar-refractivity contribution >= 4 is 11.8 Å². The van der Waals surface area contributed by atoms with Gasteiger partial charge < -0.3 is 20.1 Å². The summed E-state index contributed by atoms with van der Waals surface area (Å²) in [6.07, 6.45) is 1.54. The first kappa shape index (κ1) is 16.1. The largest absolute Gasteiger partial charge is 0.494 e. The Balaban J connectivity index is 1.83. The molecule has 1 aliphatic heterocycles. The third kappa shape index (κ3) is 4.38. The highest BCUT2D eigenvalue weighted by atomic mass is 16.5. The SMILES string of the molecule is CCOc1ccc(OCC(=O)N2CCCC(C(N)=O)C2)cc1. The summed E-state index contributed by atoms with van der Waals surface area (Å²) in [5.41, 5.74) is 5.31. The number of hydrogen-bond donors (Lipinski definition) is 1. The van der Waals surface area contributed by atoms with Crippen LogP contribution in [0.3, 0.4) is 0 Å². The second-order valence-electron chi connectivity index (χ2n) is 5.27. The van der Waals surface area contributed by atoms with Crippen molar-refractivity contribution in [1.82, 2.24) is 4.90 Å². The Morgan fingerprint density at radius 3 is 2.45 bits per heavy atom. The molecule has 0 aromatic heterocycles. The zero-order valence-electron chi connectivity index (χ0n) is 12.8. The summed E-state index contributed by atoms with van der Waals surface area (Å²) >= 11 is 0. The van der Waals surface area contributed by atoms with E-state index in [1.54, 1.807) is 29.2 Å². The van der Waals surface area contributed by atoms with Gasteiger partial charge in [-0.15, -0.1) is 0 Å². The summed E-state index contributed by atoms with van der Waals surface area (Å²) in [6.45, 7) is 3.52. The van der Waals surface area contributed by atoms with Crippen LogP contribution >= 0.6 is 0 Å². The van der Waals surface area contributed by atoms with Gasteiger partial charge in [0, 0.05) is 13.1 Å². The van der Waals surface area contributed by atoms with E-state index >= 15 is 0 Å². The molecule has 1 aliphatic rings. The van der Waals surface area contributed by atoms with Gasteiger partial charge in [-0.2, -0.15) is 0 Å². The molecule has 0 radical (unpaired) electrons. The smallest absolute Gasteiger partial charge is 0.260 e. The lowest BCUT2D eigenvalue weighted by Gasteiger charge is -2.31. The summed E-state index contributed by atoms with van der Waals surface area (Å²) in [4.78, 5) is 25.0. The summed E-state index contributed by atoms with van der Waals surface area (Å²) in [5, 5.41) is 0. The number of piperidine rings is 1. The molecule has 120 valence electrons. The Bertz CT molecular complexity index is 515. The van der Waals surface area contributed by atoms with Crippen LogP contribution in [0.5, 0.6) is 11.5 Å². The molecule has 1 fully saturated rings. The molecule has 2 amide bonds. The zero-order valence-corrected chi connectivity index (χ0v) is 12.8. The molecule has 6 heteroatoms. The van der Waals surface area contributed by atoms with Crippen molar-refractivity contribution in [1.29, 1.82) is 0 Å². The molecule has 2 rings (SSSR count). The highest BCUT2D eigenvalue weighted by Crippen LogP contribution is 2.19. The fourth-order valence-electron chi connectivity index (χ4n) is 2.47. The Labute approximate surface area is 130 Å². The molecular formula is C16H22N2O4. The van der Waals surface area contributed by atoms with E-state index in [2.05, 4.69) is 0 Å². The molecule has 1 atom stereocenters. The minimum Gasteiger partial charge on any atom is -0.494 e. The second kappa shape index (κ2) is 7.68. The predicted molar refractivity (Wildman–Crippen MR) is 81.6 cm³/mol. The molecule has 22 heavy (non-hydrogen) atoms. The Kier molecular flexibility index (Phi) is 5.63. The van der Waals surface area contributed by atoms with Crippen molar-refractivity contribution in [2.24, 2.45) is 11.7 Å². The number of nitrogens with zero attached hydrogens (tertiary/aromatic N) is 1. The number of likely N-dealkylation sites (tertiary alicyclic amines) is 1. The van der Waals surface area contributed by atoms with Gasteiger partial charge in [-0.05, 0) is 44.0 Å². The number of carbonyl (C=O) groups excluding carboxylic acids is 2. The normalized spacial score (nSPS) is 17.9. The Morgan fingerprint density at radius 1 is 1.23 bits per heavy atom. The topological polar surface area (TPSA) is 81.9 Å². The van der Waals surface area contributed by atoms with Crippen LogP contribution in [0.4, 0.5) is 0 Å². The molecule has 0 aliphatic carbocycles. The van der Waals surface area contributed by atoms with Gasteiger partial charge in [0.1, 0.15) is 11.5 Å². The van der Waals surface area contributed by atoms with Crippen LogP contribution in [-0.2, 0) is 9.59 Å². The quantitative estimate of drug-likeness (QED) is 0.856. The van der Waals surface area contributed by atoms with Crippen molar-refractivity contribution < 1.29 is 19.1 Å². The van der Waals surface area contributed by atoms with Crippen molar-refractivity contribution in [3.05, 3.63) is 24.3 Å². The van der Waals surface area contributed by atoms with Crippen molar-refractivity contribution in [2.45, 2.75) is 19.8 Å². The first-order valence-electron chi connectivity index (χ1n) is 7.53. The van der Waals surface area contributed by atoms with Crippen LogP contribution in [-0.4, -0.2) is 43.0 Å². The molecule has 1 saturated heterocycles. The molecule has 2 N–H and O–H groups in total. The van der Waals surface area contributed by atoms with E-state index in [0.717, 1.165) is 18.6 Å². The standard InChI is InChI=1S/C16H22N2O4/c1-2-21-13-5-7-14(8-6-13)22-11-15(19)18-9-3-4-12(10-18)16(17)20/h5-8,12H,2-4,9-11H2,1H3,(H2,17,20). The van der Waals surface area contributed by atoms with E-state index in [0.29, 0.717) is 25.4 Å². The van der Waals surface area contributed by atoms with E-state index in [9.17, 15) is 9.59 Å². The van der Waals surface area contributed by atoms with Gasteiger partial charge in [-0.25, -0.2) is 0 Å². The summed E-state index contributed by atoms with van der Waals surface area (Å²) < 4.78 is 10.8. The molecule has 1 heterocycles. The maximum absolute atomic E-state index is 12.1. The number of hydrogen-bond acceptors (Lipinski definition) is 4. The summed E-state index contributed by atoms with van der Waals surface area (Å²) in [5.74, 6) is 0.662. The first-order valence-corrected chi connectivity index (χ1v) is 7.53. The third-order valence-electron chi connectivity index (χ3n) is 3.67. The third-order valence-corrected chi connectivity index (χ3v) is 3.67. The number of benzene rings is 1. The Hall–Kier alpha value is -2.24. The molecule has 0 spiro atoms.